The zero-order valence-corrected chi connectivity index (χ0v) is 9.98. The first kappa shape index (κ1) is 11.3. The number of hydrogen-bond donors (Lipinski definition) is 1. The second-order valence-corrected chi connectivity index (χ2v) is 5.57. The third kappa shape index (κ3) is 2.68. The zero-order chi connectivity index (χ0) is 11.5. The highest BCUT2D eigenvalue weighted by Gasteiger charge is 2.07. The van der Waals surface area contributed by atoms with Gasteiger partial charge in [0.05, 0.1) is 16.6 Å². The van der Waals surface area contributed by atoms with E-state index in [2.05, 4.69) is 0 Å². The van der Waals surface area contributed by atoms with Crippen LogP contribution >= 0.6 is 11.3 Å². The number of rotatable bonds is 3. The van der Waals surface area contributed by atoms with Crippen molar-refractivity contribution in [3.63, 3.8) is 0 Å². The van der Waals surface area contributed by atoms with Crippen molar-refractivity contribution >= 4 is 27.8 Å². The normalized spacial score (nSPS) is 12.6. The quantitative estimate of drug-likeness (QED) is 0.857. The lowest BCUT2D eigenvalue weighted by Gasteiger charge is -2.02. The Bertz CT molecular complexity index is 490. The van der Waals surface area contributed by atoms with E-state index in [0.29, 0.717) is 16.3 Å². The van der Waals surface area contributed by atoms with E-state index in [-0.39, 0.29) is 0 Å². The van der Waals surface area contributed by atoms with Crippen molar-refractivity contribution in [3.05, 3.63) is 46.4 Å². The molecule has 0 radical (unpaired) electrons. The van der Waals surface area contributed by atoms with Gasteiger partial charge in [0.15, 0.2) is 0 Å². The van der Waals surface area contributed by atoms with Crippen molar-refractivity contribution in [3.8, 4) is 0 Å². The number of benzene rings is 1. The van der Waals surface area contributed by atoms with Crippen LogP contribution in [0.1, 0.15) is 5.56 Å². The number of anilines is 1. The molecule has 1 aromatic heterocycles. The average Bonchev–Trinajstić information content (AvgIpc) is 2.68. The van der Waals surface area contributed by atoms with Gasteiger partial charge < -0.3 is 5.73 Å². The molecule has 0 bridgehead atoms. The lowest BCUT2D eigenvalue weighted by atomic mass is 10.3. The first-order chi connectivity index (χ1) is 7.65. The summed E-state index contributed by atoms with van der Waals surface area (Å²) in [5.41, 5.74) is 6.79. The summed E-state index contributed by atoms with van der Waals surface area (Å²) in [5, 5.41) is 3.85. The molecule has 2 nitrogen and oxygen atoms in total. The number of nitrogens with two attached hydrogens (primary N) is 1. The predicted octanol–water partition coefficient (Wildman–Crippen LogP) is 2.78. The third-order valence-corrected chi connectivity index (χ3v) is 4.12. The molecule has 5 heteroatoms. The molecule has 2 rings (SSSR count). The van der Waals surface area contributed by atoms with Gasteiger partial charge in [-0.2, -0.15) is 11.3 Å². The number of thiophene rings is 1. The summed E-state index contributed by atoms with van der Waals surface area (Å²) >= 11 is 1.55. The Kier molecular flexibility index (Phi) is 3.36. The van der Waals surface area contributed by atoms with Crippen LogP contribution in [-0.4, -0.2) is 4.21 Å². The van der Waals surface area contributed by atoms with E-state index in [1.165, 1.54) is 12.1 Å². The minimum absolute atomic E-state index is 0.300. The van der Waals surface area contributed by atoms with Gasteiger partial charge in [0.1, 0.15) is 5.82 Å². The molecule has 2 aromatic rings. The molecule has 0 spiro atoms. The lowest BCUT2D eigenvalue weighted by molar-refractivity contribution is 0.623. The minimum Gasteiger partial charge on any atom is -0.399 e. The molecule has 1 atom stereocenters. The molecule has 0 saturated heterocycles. The van der Waals surface area contributed by atoms with Gasteiger partial charge in [-0.3, -0.25) is 4.21 Å². The summed E-state index contributed by atoms with van der Waals surface area (Å²) in [5.74, 6) is -0.0551. The average molecular weight is 255 g/mol. The predicted molar refractivity (Wildman–Crippen MR) is 65.2 cm³/mol. The molecule has 0 saturated carbocycles. The van der Waals surface area contributed by atoms with Crippen molar-refractivity contribution in [2.75, 3.05) is 5.73 Å². The molecule has 0 aliphatic rings. The van der Waals surface area contributed by atoms with Gasteiger partial charge in [0.25, 0.3) is 0 Å². The Morgan fingerprint density at radius 2 is 2.19 bits per heavy atom. The molecular weight excluding hydrogens is 245 g/mol. The van der Waals surface area contributed by atoms with Crippen LogP contribution < -0.4 is 5.73 Å². The maximum absolute atomic E-state index is 13.1. The van der Waals surface area contributed by atoms with Gasteiger partial charge in [0.2, 0.25) is 0 Å². The number of nitrogen functional groups attached to an aromatic ring is 1. The molecule has 16 heavy (non-hydrogen) atoms. The van der Waals surface area contributed by atoms with Crippen molar-refractivity contribution < 1.29 is 8.60 Å². The summed E-state index contributed by atoms with van der Waals surface area (Å²) < 4.78 is 25.0. The smallest absolute Gasteiger partial charge is 0.126 e. The monoisotopic (exact) mass is 255 g/mol. The van der Waals surface area contributed by atoms with E-state index in [4.69, 9.17) is 5.73 Å². The van der Waals surface area contributed by atoms with E-state index < -0.39 is 16.6 Å². The molecular formula is C11H10FNOS2. The molecule has 0 fully saturated rings. The summed E-state index contributed by atoms with van der Waals surface area (Å²) in [6, 6.07) is 5.93. The highest BCUT2D eigenvalue weighted by Crippen LogP contribution is 2.18. The summed E-state index contributed by atoms with van der Waals surface area (Å²) in [4.78, 5) is 0.434. The van der Waals surface area contributed by atoms with E-state index >= 15 is 0 Å². The highest BCUT2D eigenvalue weighted by molar-refractivity contribution is 7.84. The standard InChI is InChI=1S/C11H10FNOS2/c12-9-3-10(13)5-11(4-9)16(14)7-8-1-2-15-6-8/h1-6H,7,13H2. The van der Waals surface area contributed by atoms with Gasteiger partial charge in [-0.25, -0.2) is 4.39 Å². The lowest BCUT2D eigenvalue weighted by Crippen LogP contribution is -1.98. The molecule has 2 N–H and O–H groups in total. The van der Waals surface area contributed by atoms with Crippen LogP contribution in [0.15, 0.2) is 39.9 Å². The molecule has 1 heterocycles. The van der Waals surface area contributed by atoms with E-state index in [1.54, 1.807) is 17.4 Å². The fourth-order valence-electron chi connectivity index (χ4n) is 1.33. The zero-order valence-electron chi connectivity index (χ0n) is 8.35. The van der Waals surface area contributed by atoms with Gasteiger partial charge in [-0.1, -0.05) is 0 Å². The first-order valence-corrected chi connectivity index (χ1v) is 6.87. The molecule has 0 aliphatic carbocycles. The minimum atomic E-state index is -1.25. The van der Waals surface area contributed by atoms with Gasteiger partial charge >= 0.3 is 0 Å². The second-order valence-electron chi connectivity index (χ2n) is 3.34. The maximum atomic E-state index is 13.1. The van der Waals surface area contributed by atoms with Gasteiger partial charge in [-0.05, 0) is 40.6 Å². The van der Waals surface area contributed by atoms with Crippen LogP contribution in [0.3, 0.4) is 0 Å². The Morgan fingerprint density at radius 1 is 1.38 bits per heavy atom. The van der Waals surface area contributed by atoms with E-state index in [0.717, 1.165) is 5.56 Å². The molecule has 0 aliphatic heterocycles. The van der Waals surface area contributed by atoms with Crippen molar-refractivity contribution in [2.24, 2.45) is 0 Å². The van der Waals surface area contributed by atoms with Gasteiger partial charge in [0, 0.05) is 10.6 Å². The second kappa shape index (κ2) is 4.76. The molecule has 84 valence electrons. The SMILES string of the molecule is Nc1cc(F)cc(S(=O)Cc2ccsc2)c1. The van der Waals surface area contributed by atoms with Crippen LogP contribution in [0.2, 0.25) is 0 Å². The number of hydrogen-bond acceptors (Lipinski definition) is 3. The fraction of sp³-hybridized carbons (Fsp3) is 0.0909. The Morgan fingerprint density at radius 3 is 2.81 bits per heavy atom. The highest BCUT2D eigenvalue weighted by atomic mass is 32.2. The van der Waals surface area contributed by atoms with Crippen molar-refractivity contribution in [2.45, 2.75) is 10.6 Å². The van der Waals surface area contributed by atoms with Crippen molar-refractivity contribution in [1.29, 1.82) is 0 Å². The largest absolute Gasteiger partial charge is 0.399 e. The number of halogens is 1. The van der Waals surface area contributed by atoms with Crippen LogP contribution in [0, 0.1) is 5.82 Å². The fourth-order valence-corrected chi connectivity index (χ4v) is 3.26. The van der Waals surface area contributed by atoms with Crippen LogP contribution in [-0.2, 0) is 16.6 Å². The Hall–Kier alpha value is -1.20. The van der Waals surface area contributed by atoms with Crippen LogP contribution in [0.4, 0.5) is 10.1 Å². The third-order valence-electron chi connectivity index (χ3n) is 2.03. The maximum Gasteiger partial charge on any atom is 0.126 e. The summed E-state index contributed by atoms with van der Waals surface area (Å²) in [6.07, 6.45) is 0. The summed E-state index contributed by atoms with van der Waals surface area (Å²) in [6.45, 7) is 0. The first-order valence-electron chi connectivity index (χ1n) is 4.60. The van der Waals surface area contributed by atoms with Crippen molar-refractivity contribution in [1.82, 2.24) is 0 Å². The van der Waals surface area contributed by atoms with E-state index in [9.17, 15) is 8.60 Å². The summed E-state index contributed by atoms with van der Waals surface area (Å²) in [7, 11) is -1.25. The topological polar surface area (TPSA) is 43.1 Å². The Labute approximate surface area is 99.4 Å². The molecule has 0 amide bonds. The van der Waals surface area contributed by atoms with Gasteiger partial charge in [-0.15, -0.1) is 0 Å². The van der Waals surface area contributed by atoms with E-state index in [1.807, 2.05) is 16.8 Å². The Balaban J connectivity index is 2.21. The van der Waals surface area contributed by atoms with Crippen LogP contribution in [0.25, 0.3) is 0 Å². The molecule has 1 unspecified atom stereocenters. The van der Waals surface area contributed by atoms with Crippen LogP contribution in [0.5, 0.6) is 0 Å². The molecule has 1 aromatic carbocycles.